The first-order chi connectivity index (χ1) is 18.0. The number of anilines is 3. The molecule has 0 spiro atoms. The van der Waals surface area contributed by atoms with E-state index < -0.39 is 28.8 Å². The van der Waals surface area contributed by atoms with Crippen molar-refractivity contribution in [3.8, 4) is 5.69 Å². The van der Waals surface area contributed by atoms with Gasteiger partial charge in [-0.25, -0.2) is 8.78 Å². The molecule has 3 aromatic rings. The highest BCUT2D eigenvalue weighted by Gasteiger charge is 2.39. The molecule has 1 aromatic heterocycles. The monoisotopic (exact) mass is 521 g/mol. The van der Waals surface area contributed by atoms with Crippen LogP contribution in [0.15, 0.2) is 52.3 Å². The summed E-state index contributed by atoms with van der Waals surface area (Å²) in [5, 5.41) is 6.80. The molecule has 2 aliphatic rings. The van der Waals surface area contributed by atoms with Crippen molar-refractivity contribution in [2.24, 2.45) is 16.1 Å². The molecule has 198 valence electrons. The predicted octanol–water partition coefficient (Wildman–Crippen LogP) is 3.10. The van der Waals surface area contributed by atoms with Gasteiger partial charge in [0, 0.05) is 42.7 Å². The van der Waals surface area contributed by atoms with Gasteiger partial charge in [0.25, 0.3) is 11.5 Å². The molecule has 1 unspecified atom stereocenters. The number of amides is 1. The summed E-state index contributed by atoms with van der Waals surface area (Å²) >= 11 is 0. The van der Waals surface area contributed by atoms with E-state index in [0.717, 1.165) is 31.0 Å². The SMILES string of the molecule is CC1(C)CN(c2c(NC(=O)c3ccc(=O)n(-c4c(F)cccc4F)n3)ccc(N)c2C=NC2CC2)CC1N. The molecule has 1 saturated heterocycles. The Kier molecular flexibility index (Phi) is 6.47. The quantitative estimate of drug-likeness (QED) is 0.337. The second-order valence-corrected chi connectivity index (χ2v) is 10.4. The van der Waals surface area contributed by atoms with E-state index in [0.29, 0.717) is 40.4 Å². The number of aliphatic imine (C=N–C) groups is 1. The minimum absolute atomic E-state index is 0.110. The topological polar surface area (TPSA) is 132 Å². The van der Waals surface area contributed by atoms with Crippen molar-refractivity contribution in [3.63, 3.8) is 0 Å². The zero-order chi connectivity index (χ0) is 27.2. The first kappa shape index (κ1) is 25.5. The molecular weight excluding hydrogens is 492 g/mol. The van der Waals surface area contributed by atoms with Crippen LogP contribution < -0.4 is 27.2 Å². The Morgan fingerprint density at radius 1 is 1.13 bits per heavy atom. The zero-order valence-electron chi connectivity index (χ0n) is 21.1. The van der Waals surface area contributed by atoms with E-state index in [1.807, 2.05) is 0 Å². The number of carbonyl (C=O) groups excluding carboxylic acids is 1. The molecule has 2 aromatic carbocycles. The maximum Gasteiger partial charge on any atom is 0.276 e. The number of para-hydroxylation sites is 1. The molecule has 9 nitrogen and oxygen atoms in total. The van der Waals surface area contributed by atoms with Gasteiger partial charge in [0.1, 0.15) is 11.4 Å². The van der Waals surface area contributed by atoms with E-state index >= 15 is 0 Å². The average Bonchev–Trinajstić information content (AvgIpc) is 3.64. The normalized spacial score (nSPS) is 18.8. The Balaban J connectivity index is 1.54. The van der Waals surface area contributed by atoms with Crippen molar-refractivity contribution >= 4 is 29.2 Å². The predicted molar refractivity (Wildman–Crippen MR) is 143 cm³/mol. The molecule has 0 radical (unpaired) electrons. The number of hydrogen-bond acceptors (Lipinski definition) is 7. The van der Waals surface area contributed by atoms with E-state index in [9.17, 15) is 18.4 Å². The minimum Gasteiger partial charge on any atom is -0.398 e. The fourth-order valence-corrected chi connectivity index (χ4v) is 4.50. The number of nitrogen functional groups attached to an aromatic ring is 1. The Bertz CT molecular complexity index is 1480. The molecule has 2 fully saturated rings. The van der Waals surface area contributed by atoms with E-state index in [1.165, 1.54) is 12.1 Å². The Labute approximate surface area is 218 Å². The van der Waals surface area contributed by atoms with Crippen LogP contribution in [0, 0.1) is 17.0 Å². The zero-order valence-corrected chi connectivity index (χ0v) is 21.1. The van der Waals surface area contributed by atoms with Crippen molar-refractivity contribution in [3.05, 3.63) is 75.7 Å². The number of rotatable bonds is 6. The van der Waals surface area contributed by atoms with Crippen molar-refractivity contribution in [1.82, 2.24) is 9.78 Å². The van der Waals surface area contributed by atoms with Crippen LogP contribution in [-0.4, -0.2) is 47.1 Å². The van der Waals surface area contributed by atoms with Crippen LogP contribution in [0.25, 0.3) is 5.69 Å². The number of nitrogens with one attached hydrogen (secondary N) is 1. The lowest BCUT2D eigenvalue weighted by Crippen LogP contribution is -2.35. The van der Waals surface area contributed by atoms with Gasteiger partial charge in [0.2, 0.25) is 0 Å². The number of nitrogens with two attached hydrogens (primary N) is 2. The van der Waals surface area contributed by atoms with Crippen LogP contribution >= 0.6 is 0 Å². The van der Waals surface area contributed by atoms with Gasteiger partial charge in [-0.1, -0.05) is 19.9 Å². The second-order valence-electron chi connectivity index (χ2n) is 10.4. The summed E-state index contributed by atoms with van der Waals surface area (Å²) in [7, 11) is 0. The first-order valence-corrected chi connectivity index (χ1v) is 12.4. The summed E-state index contributed by atoms with van der Waals surface area (Å²) < 4.78 is 29.2. The van der Waals surface area contributed by atoms with Crippen LogP contribution in [0.4, 0.5) is 25.8 Å². The molecule has 1 aliphatic carbocycles. The molecule has 1 aliphatic heterocycles. The Morgan fingerprint density at radius 2 is 1.84 bits per heavy atom. The fraction of sp³-hybridized carbons (Fsp3) is 0.333. The molecule has 5 rings (SSSR count). The molecular formula is C27H29F2N7O2. The lowest BCUT2D eigenvalue weighted by atomic mass is 9.89. The van der Waals surface area contributed by atoms with Crippen molar-refractivity contribution in [1.29, 1.82) is 0 Å². The Hall–Kier alpha value is -4.12. The minimum atomic E-state index is -0.981. The van der Waals surface area contributed by atoms with E-state index in [4.69, 9.17) is 11.5 Å². The van der Waals surface area contributed by atoms with Gasteiger partial charge in [0.05, 0.1) is 17.4 Å². The van der Waals surface area contributed by atoms with Gasteiger partial charge >= 0.3 is 0 Å². The van der Waals surface area contributed by atoms with Crippen molar-refractivity contribution in [2.45, 2.75) is 38.8 Å². The first-order valence-electron chi connectivity index (χ1n) is 12.4. The van der Waals surface area contributed by atoms with Crippen molar-refractivity contribution < 1.29 is 13.6 Å². The van der Waals surface area contributed by atoms with Crippen LogP contribution in [0.5, 0.6) is 0 Å². The number of carbonyl (C=O) groups is 1. The molecule has 2 heterocycles. The number of halogens is 2. The van der Waals surface area contributed by atoms with Crippen LogP contribution in [0.2, 0.25) is 0 Å². The number of nitrogens with zero attached hydrogens (tertiary/aromatic N) is 4. The molecule has 1 atom stereocenters. The van der Waals surface area contributed by atoms with Gasteiger partial charge in [-0.05, 0) is 48.6 Å². The number of benzene rings is 2. The lowest BCUT2D eigenvalue weighted by Gasteiger charge is -2.26. The Morgan fingerprint density at radius 3 is 2.47 bits per heavy atom. The van der Waals surface area contributed by atoms with E-state index in [1.54, 1.807) is 18.3 Å². The summed E-state index contributed by atoms with van der Waals surface area (Å²) in [6.45, 7) is 5.32. The molecule has 5 N–H and O–H groups in total. The highest BCUT2D eigenvalue weighted by Crippen LogP contribution is 2.40. The van der Waals surface area contributed by atoms with E-state index in [2.05, 4.69) is 34.2 Å². The largest absolute Gasteiger partial charge is 0.398 e. The smallest absolute Gasteiger partial charge is 0.276 e. The lowest BCUT2D eigenvalue weighted by molar-refractivity contribution is 0.102. The van der Waals surface area contributed by atoms with Gasteiger partial charge in [-0.2, -0.15) is 9.78 Å². The molecule has 1 amide bonds. The average molecular weight is 522 g/mol. The van der Waals surface area contributed by atoms with Gasteiger partial charge < -0.3 is 21.7 Å². The fourth-order valence-electron chi connectivity index (χ4n) is 4.50. The third-order valence-electron chi connectivity index (χ3n) is 6.98. The molecule has 11 heteroatoms. The molecule has 0 bridgehead atoms. The molecule has 38 heavy (non-hydrogen) atoms. The van der Waals surface area contributed by atoms with Crippen LogP contribution in [-0.2, 0) is 0 Å². The van der Waals surface area contributed by atoms with Crippen molar-refractivity contribution in [2.75, 3.05) is 29.0 Å². The van der Waals surface area contributed by atoms with Gasteiger partial charge in [-0.15, -0.1) is 0 Å². The van der Waals surface area contributed by atoms with Crippen LogP contribution in [0.1, 0.15) is 42.7 Å². The maximum atomic E-state index is 14.4. The highest BCUT2D eigenvalue weighted by atomic mass is 19.1. The summed E-state index contributed by atoms with van der Waals surface area (Å²) in [6.07, 6.45) is 3.79. The van der Waals surface area contributed by atoms with Crippen LogP contribution in [0.3, 0.4) is 0 Å². The highest BCUT2D eigenvalue weighted by molar-refractivity contribution is 6.08. The van der Waals surface area contributed by atoms with Gasteiger partial charge in [-0.3, -0.25) is 14.6 Å². The summed E-state index contributed by atoms with van der Waals surface area (Å²) in [4.78, 5) is 32.4. The van der Waals surface area contributed by atoms with E-state index in [-0.39, 0.29) is 23.2 Å². The maximum absolute atomic E-state index is 14.4. The summed E-state index contributed by atoms with van der Waals surface area (Å²) in [6, 6.07) is 8.94. The number of aromatic nitrogens is 2. The third-order valence-corrected chi connectivity index (χ3v) is 6.98. The summed E-state index contributed by atoms with van der Waals surface area (Å²) in [5.74, 6) is -2.63. The van der Waals surface area contributed by atoms with Gasteiger partial charge in [0.15, 0.2) is 11.6 Å². The summed E-state index contributed by atoms with van der Waals surface area (Å²) in [5.41, 5.74) is 13.2. The molecule has 1 saturated carbocycles. The third kappa shape index (κ3) is 4.89. The standard InChI is InChI=1S/C27H29F2N7O2/c1-27(2)14-35(13-22(27)31)24-16(12-32-15-6-7-15)19(30)8-9-20(24)33-26(38)21-10-11-23(37)36(34-21)25-17(28)4-3-5-18(25)29/h3-5,8-12,15,22H,6-7,13-14,30-31H2,1-2H3,(H,33,38). The second kappa shape index (κ2) is 9.64. The number of hydrogen-bond donors (Lipinski definition) is 3.